The molecule has 0 spiro atoms. The Morgan fingerprint density at radius 1 is 1.09 bits per heavy atom. The molecule has 116 valence electrons. The van der Waals surface area contributed by atoms with E-state index in [4.69, 9.17) is 0 Å². The SMILES string of the molecule is C[C@H](CN1CCCC1)[C@](O)(c1ccccc1)c1ccccn1. The fourth-order valence-electron chi connectivity index (χ4n) is 3.45. The van der Waals surface area contributed by atoms with E-state index in [1.54, 1.807) is 6.20 Å². The molecule has 0 bridgehead atoms. The Morgan fingerprint density at radius 3 is 2.41 bits per heavy atom. The minimum atomic E-state index is -1.05. The lowest BCUT2D eigenvalue weighted by Gasteiger charge is -2.36. The average Bonchev–Trinajstić information content (AvgIpc) is 3.08. The number of benzene rings is 1. The summed E-state index contributed by atoms with van der Waals surface area (Å²) in [6, 6.07) is 15.7. The lowest BCUT2D eigenvalue weighted by atomic mass is 9.79. The molecule has 0 amide bonds. The standard InChI is InChI=1S/C19H24N2O/c1-16(15-21-13-7-8-14-21)19(22,17-9-3-2-4-10-17)18-11-5-6-12-20-18/h2-6,9-12,16,22H,7-8,13-15H2,1H3/t16-,19+/m1/s1. The van der Waals surface area contributed by atoms with Gasteiger partial charge in [0, 0.05) is 18.7 Å². The van der Waals surface area contributed by atoms with Crippen LogP contribution in [0.2, 0.25) is 0 Å². The van der Waals surface area contributed by atoms with Crippen molar-refractivity contribution in [2.45, 2.75) is 25.4 Å². The van der Waals surface area contributed by atoms with Crippen molar-refractivity contribution in [1.82, 2.24) is 9.88 Å². The molecule has 1 saturated heterocycles. The molecule has 2 aromatic rings. The molecule has 22 heavy (non-hydrogen) atoms. The Balaban J connectivity index is 1.95. The van der Waals surface area contributed by atoms with Gasteiger partial charge in [-0.15, -0.1) is 0 Å². The van der Waals surface area contributed by atoms with Crippen molar-refractivity contribution in [2.75, 3.05) is 19.6 Å². The molecule has 1 N–H and O–H groups in total. The van der Waals surface area contributed by atoms with Crippen LogP contribution < -0.4 is 0 Å². The summed E-state index contributed by atoms with van der Waals surface area (Å²) in [6.45, 7) is 5.29. The second-order valence-electron chi connectivity index (χ2n) is 6.26. The zero-order valence-electron chi connectivity index (χ0n) is 13.2. The largest absolute Gasteiger partial charge is 0.378 e. The molecule has 1 aliphatic heterocycles. The molecule has 2 heterocycles. The van der Waals surface area contributed by atoms with Gasteiger partial charge in [-0.05, 0) is 43.6 Å². The van der Waals surface area contributed by atoms with Crippen LogP contribution in [0.5, 0.6) is 0 Å². The number of aliphatic hydroxyl groups is 1. The van der Waals surface area contributed by atoms with E-state index >= 15 is 0 Å². The summed E-state index contributed by atoms with van der Waals surface area (Å²) in [7, 11) is 0. The van der Waals surface area contributed by atoms with Crippen molar-refractivity contribution < 1.29 is 5.11 Å². The molecular formula is C19H24N2O. The number of rotatable bonds is 5. The first-order chi connectivity index (χ1) is 10.7. The third-order valence-electron chi connectivity index (χ3n) is 4.71. The summed E-state index contributed by atoms with van der Waals surface area (Å²) in [5.74, 6) is 0.0721. The highest BCUT2D eigenvalue weighted by molar-refractivity contribution is 5.33. The number of nitrogens with zero attached hydrogens (tertiary/aromatic N) is 2. The van der Waals surface area contributed by atoms with Crippen LogP contribution in [-0.2, 0) is 5.60 Å². The van der Waals surface area contributed by atoms with Crippen molar-refractivity contribution in [3.05, 3.63) is 66.0 Å². The second-order valence-corrected chi connectivity index (χ2v) is 6.26. The van der Waals surface area contributed by atoms with Gasteiger partial charge in [-0.25, -0.2) is 0 Å². The van der Waals surface area contributed by atoms with Crippen molar-refractivity contribution in [2.24, 2.45) is 5.92 Å². The van der Waals surface area contributed by atoms with Crippen LogP contribution in [-0.4, -0.2) is 34.6 Å². The molecule has 1 fully saturated rings. The number of likely N-dealkylation sites (tertiary alicyclic amines) is 1. The Labute approximate surface area is 132 Å². The van der Waals surface area contributed by atoms with Gasteiger partial charge in [0.05, 0.1) is 5.69 Å². The molecule has 2 atom stereocenters. The quantitative estimate of drug-likeness (QED) is 0.921. The van der Waals surface area contributed by atoms with Crippen LogP contribution >= 0.6 is 0 Å². The Morgan fingerprint density at radius 2 is 1.77 bits per heavy atom. The zero-order chi connectivity index (χ0) is 15.4. The number of hydrogen-bond donors (Lipinski definition) is 1. The predicted molar refractivity (Wildman–Crippen MR) is 88.5 cm³/mol. The maximum atomic E-state index is 11.6. The van der Waals surface area contributed by atoms with Crippen LogP contribution in [0.1, 0.15) is 31.0 Å². The van der Waals surface area contributed by atoms with E-state index in [2.05, 4.69) is 16.8 Å². The van der Waals surface area contributed by atoms with Gasteiger partial charge < -0.3 is 10.0 Å². The van der Waals surface area contributed by atoms with Crippen LogP contribution in [0, 0.1) is 5.92 Å². The van der Waals surface area contributed by atoms with Gasteiger partial charge in [-0.3, -0.25) is 4.98 Å². The van der Waals surface area contributed by atoms with E-state index in [9.17, 15) is 5.11 Å². The van der Waals surface area contributed by atoms with E-state index in [0.29, 0.717) is 0 Å². The zero-order valence-corrected chi connectivity index (χ0v) is 13.2. The van der Waals surface area contributed by atoms with Crippen molar-refractivity contribution >= 4 is 0 Å². The molecule has 0 unspecified atom stereocenters. The highest BCUT2D eigenvalue weighted by atomic mass is 16.3. The third kappa shape index (κ3) is 2.92. The molecule has 3 rings (SSSR count). The fourth-order valence-corrected chi connectivity index (χ4v) is 3.45. The molecule has 0 saturated carbocycles. The van der Waals surface area contributed by atoms with Crippen LogP contribution in [0.3, 0.4) is 0 Å². The number of pyridine rings is 1. The average molecular weight is 296 g/mol. The third-order valence-corrected chi connectivity index (χ3v) is 4.71. The van der Waals surface area contributed by atoms with E-state index in [1.807, 2.05) is 48.5 Å². The van der Waals surface area contributed by atoms with Gasteiger partial charge >= 0.3 is 0 Å². The summed E-state index contributed by atoms with van der Waals surface area (Å²) < 4.78 is 0. The normalized spacial score (nSPS) is 19.7. The van der Waals surface area contributed by atoms with Crippen molar-refractivity contribution in [3.63, 3.8) is 0 Å². The second kappa shape index (κ2) is 6.59. The fraction of sp³-hybridized carbons (Fsp3) is 0.421. The van der Waals surface area contributed by atoms with Gasteiger partial charge in [0.2, 0.25) is 0 Å². The molecule has 0 aliphatic carbocycles. The van der Waals surface area contributed by atoms with Crippen LogP contribution in [0.4, 0.5) is 0 Å². The minimum absolute atomic E-state index is 0.0721. The number of hydrogen-bond acceptors (Lipinski definition) is 3. The van der Waals surface area contributed by atoms with E-state index < -0.39 is 5.60 Å². The highest BCUT2D eigenvalue weighted by Gasteiger charge is 2.39. The molecule has 1 aromatic heterocycles. The smallest absolute Gasteiger partial charge is 0.135 e. The maximum absolute atomic E-state index is 11.6. The molecular weight excluding hydrogens is 272 g/mol. The van der Waals surface area contributed by atoms with Gasteiger partial charge in [0.15, 0.2) is 0 Å². The molecule has 0 radical (unpaired) electrons. The van der Waals surface area contributed by atoms with E-state index in [0.717, 1.165) is 30.9 Å². The topological polar surface area (TPSA) is 36.4 Å². The summed E-state index contributed by atoms with van der Waals surface area (Å²) in [5.41, 5.74) is 0.596. The van der Waals surface area contributed by atoms with Crippen molar-refractivity contribution in [1.29, 1.82) is 0 Å². The summed E-state index contributed by atoms with van der Waals surface area (Å²) >= 11 is 0. The first kappa shape index (κ1) is 15.2. The lowest BCUT2D eigenvalue weighted by Crippen LogP contribution is -2.41. The molecule has 3 heteroatoms. The van der Waals surface area contributed by atoms with Gasteiger partial charge in [-0.2, -0.15) is 0 Å². The van der Waals surface area contributed by atoms with Gasteiger partial charge in [-0.1, -0.05) is 43.3 Å². The first-order valence-electron chi connectivity index (χ1n) is 8.13. The summed E-state index contributed by atoms with van der Waals surface area (Å²) in [4.78, 5) is 6.90. The van der Waals surface area contributed by atoms with E-state index in [-0.39, 0.29) is 5.92 Å². The van der Waals surface area contributed by atoms with Crippen LogP contribution in [0.25, 0.3) is 0 Å². The Hall–Kier alpha value is -1.71. The maximum Gasteiger partial charge on any atom is 0.135 e. The van der Waals surface area contributed by atoms with E-state index in [1.165, 1.54) is 12.8 Å². The van der Waals surface area contributed by atoms with Gasteiger partial charge in [0.1, 0.15) is 5.60 Å². The highest BCUT2D eigenvalue weighted by Crippen LogP contribution is 2.36. The van der Waals surface area contributed by atoms with Crippen LogP contribution in [0.15, 0.2) is 54.7 Å². The molecule has 3 nitrogen and oxygen atoms in total. The molecule has 1 aromatic carbocycles. The first-order valence-corrected chi connectivity index (χ1v) is 8.13. The predicted octanol–water partition coefficient (Wildman–Crippen LogP) is 3.05. The van der Waals surface area contributed by atoms with Crippen molar-refractivity contribution in [3.8, 4) is 0 Å². The Kier molecular flexibility index (Phi) is 4.55. The lowest BCUT2D eigenvalue weighted by molar-refractivity contribution is 0.00663. The monoisotopic (exact) mass is 296 g/mol. The summed E-state index contributed by atoms with van der Waals surface area (Å²) in [5, 5.41) is 11.6. The minimum Gasteiger partial charge on any atom is -0.378 e. The Bertz CT molecular complexity index is 539. The molecule has 1 aliphatic rings. The summed E-state index contributed by atoms with van der Waals surface area (Å²) in [6.07, 6.45) is 4.28. The number of aromatic nitrogens is 1. The van der Waals surface area contributed by atoms with Gasteiger partial charge in [0.25, 0.3) is 0 Å².